The van der Waals surface area contributed by atoms with E-state index in [-0.39, 0.29) is 0 Å². The molecule has 2 amide bonds. The molecule has 0 radical (unpaired) electrons. The molecule has 0 fully saturated rings. The van der Waals surface area contributed by atoms with Crippen molar-refractivity contribution in [1.29, 1.82) is 0 Å². The molecule has 0 aromatic heterocycles. The van der Waals surface area contributed by atoms with Crippen LogP contribution in [0.4, 0.5) is 22.7 Å². The van der Waals surface area contributed by atoms with Gasteiger partial charge in [-0.15, -0.1) is 0 Å². The molecule has 158 valence electrons. The number of carbonyl (C=O) groups excluding carboxylic acids is 2. The fourth-order valence-electron chi connectivity index (χ4n) is 3.70. The highest BCUT2D eigenvalue weighted by atomic mass is 16.2. The van der Waals surface area contributed by atoms with Crippen LogP contribution in [-0.4, -0.2) is 11.8 Å². The number of rotatable bonds is 5. The number of benzene rings is 4. The van der Waals surface area contributed by atoms with Crippen LogP contribution in [0.3, 0.4) is 0 Å². The standard InChI is InChI=1S/C28H24N2O2/c1-2-22-14-12-13-21-26(22)30(25-19-10-5-11-20-25)28(32)27(31)29(23-15-6-3-7-16-23)24-17-8-4-9-18-24/h3-21H,2H2,1H3. The Morgan fingerprint density at radius 2 is 0.906 bits per heavy atom. The fourth-order valence-corrected chi connectivity index (χ4v) is 3.70. The van der Waals surface area contributed by atoms with E-state index in [0.29, 0.717) is 22.7 Å². The Kier molecular flexibility index (Phi) is 6.42. The first-order valence-corrected chi connectivity index (χ1v) is 10.6. The van der Waals surface area contributed by atoms with E-state index in [0.717, 1.165) is 12.0 Å². The van der Waals surface area contributed by atoms with Crippen molar-refractivity contribution in [3.8, 4) is 0 Å². The molecule has 0 unspecified atom stereocenters. The first kappa shape index (κ1) is 21.1. The van der Waals surface area contributed by atoms with Gasteiger partial charge in [0.15, 0.2) is 0 Å². The highest BCUT2D eigenvalue weighted by molar-refractivity contribution is 6.47. The maximum atomic E-state index is 13.8. The van der Waals surface area contributed by atoms with E-state index >= 15 is 0 Å². The van der Waals surface area contributed by atoms with Crippen molar-refractivity contribution in [1.82, 2.24) is 0 Å². The second-order valence-electron chi connectivity index (χ2n) is 7.27. The molecule has 0 N–H and O–H groups in total. The normalized spacial score (nSPS) is 10.4. The number of nitrogens with zero attached hydrogens (tertiary/aromatic N) is 2. The highest BCUT2D eigenvalue weighted by Crippen LogP contribution is 2.32. The molecule has 4 heteroatoms. The van der Waals surface area contributed by atoms with Gasteiger partial charge in [0.05, 0.1) is 5.69 Å². The summed E-state index contributed by atoms with van der Waals surface area (Å²) in [5.41, 5.74) is 3.61. The van der Waals surface area contributed by atoms with E-state index < -0.39 is 11.8 Å². The lowest BCUT2D eigenvalue weighted by molar-refractivity contribution is -0.135. The van der Waals surface area contributed by atoms with Crippen LogP contribution in [0.1, 0.15) is 12.5 Å². The summed E-state index contributed by atoms with van der Waals surface area (Å²) in [4.78, 5) is 30.6. The van der Waals surface area contributed by atoms with Crippen LogP contribution in [-0.2, 0) is 16.0 Å². The van der Waals surface area contributed by atoms with Crippen LogP contribution in [0.5, 0.6) is 0 Å². The van der Waals surface area contributed by atoms with Crippen LogP contribution in [0.25, 0.3) is 0 Å². The molecule has 0 saturated heterocycles. The summed E-state index contributed by atoms with van der Waals surface area (Å²) in [7, 11) is 0. The zero-order valence-electron chi connectivity index (χ0n) is 17.9. The first-order valence-electron chi connectivity index (χ1n) is 10.6. The third kappa shape index (κ3) is 4.30. The molecule has 0 aliphatic carbocycles. The van der Waals surface area contributed by atoms with Crippen molar-refractivity contribution in [2.24, 2.45) is 0 Å². The summed E-state index contributed by atoms with van der Waals surface area (Å²) in [6.07, 6.45) is 0.738. The molecule has 4 rings (SSSR count). The molecular weight excluding hydrogens is 396 g/mol. The zero-order valence-corrected chi connectivity index (χ0v) is 17.9. The second-order valence-corrected chi connectivity index (χ2v) is 7.27. The molecule has 0 aliphatic rings. The van der Waals surface area contributed by atoms with Crippen LogP contribution in [0, 0.1) is 0 Å². The maximum absolute atomic E-state index is 13.8. The number of hydrogen-bond acceptors (Lipinski definition) is 2. The van der Waals surface area contributed by atoms with Gasteiger partial charge >= 0.3 is 11.8 Å². The van der Waals surface area contributed by atoms with Gasteiger partial charge in [0.1, 0.15) is 0 Å². The fraction of sp³-hybridized carbons (Fsp3) is 0.0714. The van der Waals surface area contributed by atoms with Crippen molar-refractivity contribution in [3.63, 3.8) is 0 Å². The second kappa shape index (κ2) is 9.75. The molecule has 4 aromatic rings. The summed E-state index contributed by atoms with van der Waals surface area (Å²) in [5.74, 6) is -1.25. The predicted octanol–water partition coefficient (Wildman–Crippen LogP) is 6.28. The summed E-state index contributed by atoms with van der Waals surface area (Å²) in [6, 6.07) is 35.4. The van der Waals surface area contributed by atoms with Gasteiger partial charge in [-0.2, -0.15) is 0 Å². The van der Waals surface area contributed by atoms with E-state index in [2.05, 4.69) is 0 Å². The zero-order chi connectivity index (χ0) is 22.3. The van der Waals surface area contributed by atoms with Gasteiger partial charge in [-0.1, -0.05) is 79.7 Å². The topological polar surface area (TPSA) is 40.6 Å². The van der Waals surface area contributed by atoms with Gasteiger partial charge in [-0.3, -0.25) is 19.4 Å². The van der Waals surface area contributed by atoms with Gasteiger partial charge in [0.2, 0.25) is 0 Å². The molecule has 32 heavy (non-hydrogen) atoms. The van der Waals surface area contributed by atoms with Crippen molar-refractivity contribution in [2.75, 3.05) is 9.80 Å². The quantitative estimate of drug-likeness (QED) is 0.357. The van der Waals surface area contributed by atoms with Gasteiger partial charge in [-0.05, 0) is 54.4 Å². The lowest BCUT2D eigenvalue weighted by Gasteiger charge is -2.28. The van der Waals surface area contributed by atoms with Crippen LogP contribution in [0.2, 0.25) is 0 Å². The molecular formula is C28H24N2O2. The largest absolute Gasteiger partial charge is 0.321 e. The number of amides is 2. The lowest BCUT2D eigenvalue weighted by atomic mass is 10.1. The molecule has 0 aliphatic heterocycles. The Morgan fingerprint density at radius 3 is 1.38 bits per heavy atom. The Balaban J connectivity index is 1.83. The maximum Gasteiger partial charge on any atom is 0.321 e. The average Bonchev–Trinajstić information content (AvgIpc) is 2.86. The molecule has 0 spiro atoms. The molecule has 4 nitrogen and oxygen atoms in total. The van der Waals surface area contributed by atoms with Gasteiger partial charge in [0, 0.05) is 17.1 Å². The summed E-state index contributed by atoms with van der Waals surface area (Å²) < 4.78 is 0. The summed E-state index contributed by atoms with van der Waals surface area (Å²) in [5, 5.41) is 0. The van der Waals surface area contributed by atoms with Crippen molar-refractivity contribution >= 4 is 34.6 Å². The van der Waals surface area contributed by atoms with Crippen molar-refractivity contribution in [2.45, 2.75) is 13.3 Å². The van der Waals surface area contributed by atoms with Crippen LogP contribution < -0.4 is 9.80 Å². The minimum Gasteiger partial charge on any atom is -0.273 e. The van der Waals surface area contributed by atoms with Crippen molar-refractivity contribution in [3.05, 3.63) is 121 Å². The first-order chi connectivity index (χ1) is 15.7. The Bertz CT molecular complexity index is 1150. The van der Waals surface area contributed by atoms with Crippen molar-refractivity contribution < 1.29 is 9.59 Å². The third-order valence-corrected chi connectivity index (χ3v) is 5.25. The summed E-state index contributed by atoms with van der Waals surface area (Å²) >= 11 is 0. The Labute approximate surface area is 188 Å². The van der Waals surface area contributed by atoms with E-state index in [4.69, 9.17) is 0 Å². The Hall–Kier alpha value is -4.18. The smallest absolute Gasteiger partial charge is 0.273 e. The number of aryl methyl sites for hydroxylation is 1. The van der Waals surface area contributed by atoms with E-state index in [1.54, 1.807) is 0 Å². The molecule has 0 saturated carbocycles. The third-order valence-electron chi connectivity index (χ3n) is 5.25. The minimum atomic E-state index is -0.628. The molecule has 4 aromatic carbocycles. The predicted molar refractivity (Wildman–Crippen MR) is 129 cm³/mol. The van der Waals surface area contributed by atoms with Gasteiger partial charge < -0.3 is 0 Å². The van der Waals surface area contributed by atoms with E-state index in [1.807, 2.05) is 122 Å². The summed E-state index contributed by atoms with van der Waals surface area (Å²) in [6.45, 7) is 2.04. The SMILES string of the molecule is CCc1ccccc1N(C(=O)C(=O)N(c1ccccc1)c1ccccc1)c1ccccc1. The Morgan fingerprint density at radius 1 is 0.531 bits per heavy atom. The number of para-hydroxylation sites is 4. The monoisotopic (exact) mass is 420 g/mol. The van der Waals surface area contributed by atoms with Crippen LogP contribution >= 0.6 is 0 Å². The van der Waals surface area contributed by atoms with E-state index in [9.17, 15) is 9.59 Å². The number of hydrogen-bond donors (Lipinski definition) is 0. The highest BCUT2D eigenvalue weighted by Gasteiger charge is 2.32. The average molecular weight is 421 g/mol. The van der Waals surface area contributed by atoms with Crippen LogP contribution in [0.15, 0.2) is 115 Å². The minimum absolute atomic E-state index is 0.621. The van der Waals surface area contributed by atoms with Gasteiger partial charge in [-0.25, -0.2) is 0 Å². The number of carbonyl (C=O) groups is 2. The van der Waals surface area contributed by atoms with Gasteiger partial charge in [0.25, 0.3) is 0 Å². The molecule has 0 atom stereocenters. The van der Waals surface area contributed by atoms with E-state index in [1.165, 1.54) is 9.80 Å². The molecule has 0 heterocycles. The number of anilines is 4. The molecule has 0 bridgehead atoms. The lowest BCUT2D eigenvalue weighted by Crippen LogP contribution is -2.42.